The molecule has 0 unspecified atom stereocenters. The van der Waals surface area contributed by atoms with Gasteiger partial charge in [0, 0.05) is 32.8 Å². The Bertz CT molecular complexity index is 314. The molecule has 1 heterocycles. The predicted octanol–water partition coefficient (Wildman–Crippen LogP) is 1.86. The highest BCUT2D eigenvalue weighted by Crippen LogP contribution is 2.09. The van der Waals surface area contributed by atoms with Gasteiger partial charge in [0.15, 0.2) is 0 Å². The van der Waals surface area contributed by atoms with E-state index < -0.39 is 0 Å². The highest BCUT2D eigenvalue weighted by atomic mass is 15.2. The topological polar surface area (TPSA) is 41.1 Å². The van der Waals surface area contributed by atoms with Gasteiger partial charge in [-0.1, -0.05) is 19.8 Å². The quantitative estimate of drug-likeness (QED) is 0.700. The third kappa shape index (κ3) is 5.13. The average molecular weight is 236 g/mol. The zero-order valence-electron chi connectivity index (χ0n) is 11.2. The fourth-order valence-corrected chi connectivity index (χ4v) is 1.67. The van der Waals surface area contributed by atoms with Crippen molar-refractivity contribution < 1.29 is 0 Å². The average Bonchev–Trinajstić information content (AvgIpc) is 2.37. The van der Waals surface area contributed by atoms with Crippen molar-refractivity contribution in [3.05, 3.63) is 18.1 Å². The van der Waals surface area contributed by atoms with E-state index in [9.17, 15) is 0 Å². The molecule has 1 N–H and O–H groups in total. The lowest BCUT2D eigenvalue weighted by Gasteiger charge is -2.18. The van der Waals surface area contributed by atoms with E-state index in [0.717, 1.165) is 31.2 Å². The summed E-state index contributed by atoms with van der Waals surface area (Å²) < 4.78 is 0. The van der Waals surface area contributed by atoms with Crippen LogP contribution in [0.1, 0.15) is 32.0 Å². The van der Waals surface area contributed by atoms with Gasteiger partial charge in [-0.25, -0.2) is 9.97 Å². The number of nitrogens with one attached hydrogen (secondary N) is 1. The zero-order chi connectivity index (χ0) is 12.5. The van der Waals surface area contributed by atoms with Crippen molar-refractivity contribution in [3.63, 3.8) is 0 Å². The molecule has 96 valence electrons. The van der Waals surface area contributed by atoms with Crippen LogP contribution >= 0.6 is 0 Å². The van der Waals surface area contributed by atoms with Gasteiger partial charge in [0.05, 0.1) is 0 Å². The summed E-state index contributed by atoms with van der Waals surface area (Å²) in [5.74, 6) is 1.95. The maximum atomic E-state index is 4.56. The van der Waals surface area contributed by atoms with Gasteiger partial charge in [-0.2, -0.15) is 0 Å². The van der Waals surface area contributed by atoms with Crippen LogP contribution in [0.5, 0.6) is 0 Å². The first-order valence-corrected chi connectivity index (χ1v) is 6.45. The maximum Gasteiger partial charge on any atom is 0.131 e. The van der Waals surface area contributed by atoms with Crippen LogP contribution in [-0.2, 0) is 6.42 Å². The van der Waals surface area contributed by atoms with Gasteiger partial charge in [-0.15, -0.1) is 0 Å². The van der Waals surface area contributed by atoms with Crippen molar-refractivity contribution in [1.82, 2.24) is 15.3 Å². The first kappa shape index (κ1) is 13.9. The SMILES string of the molecule is CCCCCN(C)c1ccnc(CCNC)n1. The molecule has 0 fully saturated rings. The minimum Gasteiger partial charge on any atom is -0.360 e. The molecule has 4 heteroatoms. The number of nitrogens with zero attached hydrogens (tertiary/aromatic N) is 3. The lowest BCUT2D eigenvalue weighted by atomic mass is 10.2. The minimum absolute atomic E-state index is 0.882. The molecule has 0 aromatic carbocycles. The van der Waals surface area contributed by atoms with Crippen molar-refractivity contribution in [2.24, 2.45) is 0 Å². The lowest BCUT2D eigenvalue weighted by molar-refractivity contribution is 0.696. The second kappa shape index (κ2) is 8.01. The Morgan fingerprint density at radius 1 is 1.35 bits per heavy atom. The van der Waals surface area contributed by atoms with Crippen LogP contribution in [0, 0.1) is 0 Å². The fourth-order valence-electron chi connectivity index (χ4n) is 1.67. The monoisotopic (exact) mass is 236 g/mol. The third-order valence-corrected chi connectivity index (χ3v) is 2.78. The van der Waals surface area contributed by atoms with Crippen LogP contribution in [0.2, 0.25) is 0 Å². The zero-order valence-corrected chi connectivity index (χ0v) is 11.2. The predicted molar refractivity (Wildman–Crippen MR) is 72.5 cm³/mol. The molecule has 4 nitrogen and oxygen atoms in total. The molecule has 0 amide bonds. The van der Waals surface area contributed by atoms with E-state index in [1.165, 1.54) is 19.3 Å². The van der Waals surface area contributed by atoms with Gasteiger partial charge in [-0.05, 0) is 19.5 Å². The van der Waals surface area contributed by atoms with Gasteiger partial charge in [-0.3, -0.25) is 0 Å². The van der Waals surface area contributed by atoms with Gasteiger partial charge < -0.3 is 10.2 Å². The Labute approximate surface area is 104 Å². The van der Waals surface area contributed by atoms with Crippen LogP contribution in [-0.4, -0.2) is 37.2 Å². The van der Waals surface area contributed by atoms with Gasteiger partial charge in [0.2, 0.25) is 0 Å². The van der Waals surface area contributed by atoms with Crippen molar-refractivity contribution >= 4 is 5.82 Å². The molecule has 1 aromatic heterocycles. The number of hydrogen-bond donors (Lipinski definition) is 1. The Morgan fingerprint density at radius 3 is 2.88 bits per heavy atom. The Morgan fingerprint density at radius 2 is 2.18 bits per heavy atom. The van der Waals surface area contributed by atoms with Crippen LogP contribution in [0.25, 0.3) is 0 Å². The normalized spacial score (nSPS) is 10.5. The molecule has 0 aliphatic heterocycles. The van der Waals surface area contributed by atoms with E-state index in [2.05, 4.69) is 34.2 Å². The molecule has 0 radical (unpaired) electrons. The number of aromatic nitrogens is 2. The summed E-state index contributed by atoms with van der Waals surface area (Å²) in [6.07, 6.45) is 6.49. The summed E-state index contributed by atoms with van der Waals surface area (Å²) in [5.41, 5.74) is 0. The molecular formula is C13H24N4. The molecule has 0 atom stereocenters. The highest BCUT2D eigenvalue weighted by molar-refractivity contribution is 5.35. The van der Waals surface area contributed by atoms with E-state index in [-0.39, 0.29) is 0 Å². The van der Waals surface area contributed by atoms with Gasteiger partial charge in [0.25, 0.3) is 0 Å². The fraction of sp³-hybridized carbons (Fsp3) is 0.692. The minimum atomic E-state index is 0.882. The van der Waals surface area contributed by atoms with Gasteiger partial charge >= 0.3 is 0 Å². The van der Waals surface area contributed by atoms with Crippen molar-refractivity contribution in [2.75, 3.05) is 32.1 Å². The molecule has 1 aromatic rings. The number of hydrogen-bond acceptors (Lipinski definition) is 4. The lowest BCUT2D eigenvalue weighted by Crippen LogP contribution is -2.21. The van der Waals surface area contributed by atoms with Crippen LogP contribution in [0.4, 0.5) is 5.82 Å². The van der Waals surface area contributed by atoms with Crippen LogP contribution in [0.3, 0.4) is 0 Å². The molecule has 17 heavy (non-hydrogen) atoms. The second-order valence-electron chi connectivity index (χ2n) is 4.31. The van der Waals surface area contributed by atoms with Gasteiger partial charge in [0.1, 0.15) is 11.6 Å². The number of unbranched alkanes of at least 4 members (excludes halogenated alkanes) is 2. The summed E-state index contributed by atoms with van der Waals surface area (Å²) in [5, 5.41) is 3.11. The highest BCUT2D eigenvalue weighted by Gasteiger charge is 2.03. The Kier molecular flexibility index (Phi) is 6.55. The maximum absolute atomic E-state index is 4.56. The molecule has 1 rings (SSSR count). The van der Waals surface area contributed by atoms with E-state index in [4.69, 9.17) is 0 Å². The van der Waals surface area contributed by atoms with E-state index in [1.54, 1.807) is 0 Å². The molecule has 0 aliphatic carbocycles. The molecule has 0 saturated heterocycles. The first-order valence-electron chi connectivity index (χ1n) is 6.45. The summed E-state index contributed by atoms with van der Waals surface area (Å²) in [7, 11) is 4.04. The number of rotatable bonds is 8. The molecule has 0 saturated carbocycles. The summed E-state index contributed by atoms with van der Waals surface area (Å²) in [6.45, 7) is 4.21. The van der Waals surface area contributed by atoms with E-state index in [1.807, 2.05) is 19.3 Å². The molecule has 0 aliphatic rings. The molecule has 0 bridgehead atoms. The Balaban J connectivity index is 2.51. The summed E-state index contributed by atoms with van der Waals surface area (Å²) in [6, 6.07) is 1.98. The van der Waals surface area contributed by atoms with Crippen LogP contribution in [0.15, 0.2) is 12.3 Å². The van der Waals surface area contributed by atoms with Crippen LogP contribution < -0.4 is 10.2 Å². The molecule has 0 spiro atoms. The number of anilines is 1. The Hall–Kier alpha value is -1.16. The van der Waals surface area contributed by atoms with E-state index >= 15 is 0 Å². The standard InChI is InChI=1S/C13H24N4/c1-4-5-6-11-17(3)13-8-10-15-12(16-13)7-9-14-2/h8,10,14H,4-7,9,11H2,1-3H3. The summed E-state index contributed by atoms with van der Waals surface area (Å²) in [4.78, 5) is 11.1. The largest absolute Gasteiger partial charge is 0.360 e. The second-order valence-corrected chi connectivity index (χ2v) is 4.31. The van der Waals surface area contributed by atoms with Crippen molar-refractivity contribution in [1.29, 1.82) is 0 Å². The smallest absolute Gasteiger partial charge is 0.131 e. The van der Waals surface area contributed by atoms with E-state index in [0.29, 0.717) is 0 Å². The number of likely N-dealkylation sites (N-methyl/N-ethyl adjacent to an activating group) is 1. The first-order chi connectivity index (χ1) is 8.27. The van der Waals surface area contributed by atoms with Crippen molar-refractivity contribution in [2.45, 2.75) is 32.6 Å². The van der Waals surface area contributed by atoms with Crippen molar-refractivity contribution in [3.8, 4) is 0 Å². The summed E-state index contributed by atoms with van der Waals surface area (Å²) >= 11 is 0. The third-order valence-electron chi connectivity index (χ3n) is 2.78. The molecular weight excluding hydrogens is 212 g/mol.